The normalized spacial score (nSPS) is 16.2. The fraction of sp³-hybridized carbons (Fsp3) is 0.118. The van der Waals surface area contributed by atoms with E-state index in [1.807, 2.05) is 6.08 Å². The lowest BCUT2D eigenvalue weighted by molar-refractivity contribution is 0.102. The summed E-state index contributed by atoms with van der Waals surface area (Å²) in [4.78, 5) is 12.4. The Morgan fingerprint density at radius 1 is 0.900 bits per heavy atom. The first-order valence-electron chi connectivity index (χ1n) is 6.50. The van der Waals surface area contributed by atoms with Crippen LogP contribution in [-0.4, -0.2) is 16.0 Å². The van der Waals surface area contributed by atoms with Gasteiger partial charge in [-0.25, -0.2) is 0 Å². The van der Waals surface area contributed by atoms with Crippen LogP contribution in [0, 0.1) is 0 Å². The molecule has 0 atom stereocenters. The standard InChI is InChI=1S/C17H14O3/c18-14-5-1-11(2-6-14)9-13-4-3-12-10-15(19)7-8-16(12)17(13)20/h1-2,5-10,18-19H,3-4H2. The fourth-order valence-corrected chi connectivity index (χ4v) is 2.47. The van der Waals surface area contributed by atoms with Crippen molar-refractivity contribution in [1.29, 1.82) is 0 Å². The summed E-state index contributed by atoms with van der Waals surface area (Å²) >= 11 is 0. The number of aryl methyl sites for hydroxylation is 1. The average molecular weight is 266 g/mol. The Morgan fingerprint density at radius 3 is 2.35 bits per heavy atom. The first kappa shape index (κ1) is 12.5. The molecule has 3 heteroatoms. The van der Waals surface area contributed by atoms with Crippen molar-refractivity contribution in [3.8, 4) is 11.5 Å². The van der Waals surface area contributed by atoms with Gasteiger partial charge < -0.3 is 10.2 Å². The molecule has 0 heterocycles. The Labute approximate surface area is 116 Å². The summed E-state index contributed by atoms with van der Waals surface area (Å²) in [6.45, 7) is 0. The number of carbonyl (C=O) groups excluding carboxylic acids is 1. The van der Waals surface area contributed by atoms with E-state index >= 15 is 0 Å². The molecule has 0 fully saturated rings. The van der Waals surface area contributed by atoms with Gasteiger partial charge in [0.2, 0.25) is 0 Å². The maximum Gasteiger partial charge on any atom is 0.189 e. The van der Waals surface area contributed by atoms with E-state index in [4.69, 9.17) is 0 Å². The third-order valence-electron chi connectivity index (χ3n) is 3.52. The zero-order valence-electron chi connectivity index (χ0n) is 10.8. The molecule has 0 unspecified atom stereocenters. The lowest BCUT2D eigenvalue weighted by atomic mass is 9.86. The van der Waals surface area contributed by atoms with Crippen LogP contribution in [0.15, 0.2) is 48.0 Å². The monoisotopic (exact) mass is 266 g/mol. The van der Waals surface area contributed by atoms with Crippen LogP contribution in [0.25, 0.3) is 6.08 Å². The number of phenols is 2. The summed E-state index contributed by atoms with van der Waals surface area (Å²) in [5.41, 5.74) is 3.22. The van der Waals surface area contributed by atoms with Gasteiger partial charge in [-0.15, -0.1) is 0 Å². The topological polar surface area (TPSA) is 57.5 Å². The summed E-state index contributed by atoms with van der Waals surface area (Å²) in [5, 5.41) is 18.7. The van der Waals surface area contributed by atoms with Crippen LogP contribution in [0.4, 0.5) is 0 Å². The van der Waals surface area contributed by atoms with Gasteiger partial charge in [-0.1, -0.05) is 12.1 Å². The Kier molecular flexibility index (Phi) is 3.03. The van der Waals surface area contributed by atoms with E-state index in [0.717, 1.165) is 23.1 Å². The molecule has 3 rings (SSSR count). The first-order valence-corrected chi connectivity index (χ1v) is 6.50. The molecule has 0 radical (unpaired) electrons. The minimum atomic E-state index is 0.0133. The number of fused-ring (bicyclic) bond motifs is 1. The second-order valence-electron chi connectivity index (χ2n) is 4.93. The smallest absolute Gasteiger partial charge is 0.189 e. The van der Waals surface area contributed by atoms with E-state index in [1.54, 1.807) is 42.5 Å². The Hall–Kier alpha value is -2.55. The molecule has 1 aliphatic carbocycles. The number of Topliss-reactive ketones (excluding diaryl/α,β-unsaturated/α-hetero) is 1. The lowest BCUT2D eigenvalue weighted by Gasteiger charge is -2.17. The highest BCUT2D eigenvalue weighted by Gasteiger charge is 2.21. The average Bonchev–Trinajstić information content (AvgIpc) is 2.44. The van der Waals surface area contributed by atoms with Crippen molar-refractivity contribution in [2.75, 3.05) is 0 Å². The Bertz CT molecular complexity index is 697. The van der Waals surface area contributed by atoms with E-state index in [-0.39, 0.29) is 17.3 Å². The predicted molar refractivity (Wildman–Crippen MR) is 76.8 cm³/mol. The molecule has 20 heavy (non-hydrogen) atoms. The van der Waals surface area contributed by atoms with Gasteiger partial charge in [0.1, 0.15) is 11.5 Å². The second-order valence-corrected chi connectivity index (χ2v) is 4.93. The molecule has 1 aliphatic rings. The molecular weight excluding hydrogens is 252 g/mol. The number of ketones is 1. The van der Waals surface area contributed by atoms with Gasteiger partial charge in [0.25, 0.3) is 0 Å². The van der Waals surface area contributed by atoms with Crippen molar-refractivity contribution in [3.63, 3.8) is 0 Å². The summed E-state index contributed by atoms with van der Waals surface area (Å²) in [6.07, 6.45) is 3.27. The largest absolute Gasteiger partial charge is 0.508 e. The van der Waals surface area contributed by atoms with E-state index < -0.39 is 0 Å². The third kappa shape index (κ3) is 2.30. The van der Waals surface area contributed by atoms with Crippen molar-refractivity contribution in [2.45, 2.75) is 12.8 Å². The van der Waals surface area contributed by atoms with Crippen LogP contribution in [0.1, 0.15) is 27.9 Å². The quantitative estimate of drug-likeness (QED) is 0.778. The summed E-state index contributed by atoms with van der Waals surface area (Å²) in [6, 6.07) is 11.6. The van der Waals surface area contributed by atoms with Crippen LogP contribution in [0.2, 0.25) is 0 Å². The van der Waals surface area contributed by atoms with Crippen LogP contribution in [-0.2, 0) is 6.42 Å². The molecule has 0 bridgehead atoms. The van der Waals surface area contributed by atoms with Gasteiger partial charge in [0, 0.05) is 11.1 Å². The van der Waals surface area contributed by atoms with Crippen molar-refractivity contribution >= 4 is 11.9 Å². The predicted octanol–water partition coefficient (Wildman–Crippen LogP) is 3.31. The highest BCUT2D eigenvalue weighted by atomic mass is 16.3. The number of rotatable bonds is 1. The molecule has 0 aromatic heterocycles. The highest BCUT2D eigenvalue weighted by molar-refractivity contribution is 6.13. The minimum absolute atomic E-state index is 0.0133. The molecule has 2 aromatic rings. The molecular formula is C17H14O3. The minimum Gasteiger partial charge on any atom is -0.508 e. The van der Waals surface area contributed by atoms with E-state index in [9.17, 15) is 15.0 Å². The summed E-state index contributed by atoms with van der Waals surface area (Å²) < 4.78 is 0. The maximum absolute atomic E-state index is 12.4. The third-order valence-corrected chi connectivity index (χ3v) is 3.52. The van der Waals surface area contributed by atoms with Crippen molar-refractivity contribution in [3.05, 3.63) is 64.7 Å². The maximum atomic E-state index is 12.4. The number of phenolic OH excluding ortho intramolecular Hbond substituents is 2. The molecule has 100 valence electrons. The number of aromatic hydroxyl groups is 2. The molecule has 2 N–H and O–H groups in total. The van der Waals surface area contributed by atoms with E-state index in [2.05, 4.69) is 0 Å². The molecule has 3 nitrogen and oxygen atoms in total. The van der Waals surface area contributed by atoms with Gasteiger partial charge in [0.05, 0.1) is 0 Å². The van der Waals surface area contributed by atoms with E-state index in [0.29, 0.717) is 12.0 Å². The van der Waals surface area contributed by atoms with Crippen LogP contribution < -0.4 is 0 Å². The van der Waals surface area contributed by atoms with Gasteiger partial charge in [-0.2, -0.15) is 0 Å². The number of hydrogen-bond acceptors (Lipinski definition) is 3. The zero-order chi connectivity index (χ0) is 14.1. The van der Waals surface area contributed by atoms with Crippen LogP contribution >= 0.6 is 0 Å². The first-order chi connectivity index (χ1) is 9.63. The molecule has 0 amide bonds. The summed E-state index contributed by atoms with van der Waals surface area (Å²) in [5.74, 6) is 0.421. The molecule has 2 aromatic carbocycles. The highest BCUT2D eigenvalue weighted by Crippen LogP contribution is 2.29. The van der Waals surface area contributed by atoms with Gasteiger partial charge in [0.15, 0.2) is 5.78 Å². The molecule has 0 saturated heterocycles. The van der Waals surface area contributed by atoms with E-state index in [1.165, 1.54) is 0 Å². The van der Waals surface area contributed by atoms with Gasteiger partial charge >= 0.3 is 0 Å². The number of hydrogen-bond donors (Lipinski definition) is 2. The SMILES string of the molecule is O=C1C(=Cc2ccc(O)cc2)CCc2cc(O)ccc21. The second kappa shape index (κ2) is 4.85. The molecule has 0 saturated carbocycles. The van der Waals surface area contributed by atoms with Gasteiger partial charge in [-0.3, -0.25) is 4.79 Å². The Morgan fingerprint density at radius 2 is 1.60 bits per heavy atom. The van der Waals surface area contributed by atoms with Crippen molar-refractivity contribution in [1.82, 2.24) is 0 Å². The zero-order valence-corrected chi connectivity index (χ0v) is 10.8. The summed E-state index contributed by atoms with van der Waals surface area (Å²) in [7, 11) is 0. The lowest BCUT2D eigenvalue weighted by Crippen LogP contribution is -2.13. The molecule has 0 spiro atoms. The Balaban J connectivity index is 1.95. The number of carbonyl (C=O) groups is 1. The van der Waals surface area contributed by atoms with Crippen LogP contribution in [0.5, 0.6) is 11.5 Å². The van der Waals surface area contributed by atoms with Crippen LogP contribution in [0.3, 0.4) is 0 Å². The molecule has 0 aliphatic heterocycles. The number of benzene rings is 2. The number of allylic oxidation sites excluding steroid dienone is 1. The van der Waals surface area contributed by atoms with Crippen molar-refractivity contribution < 1.29 is 15.0 Å². The fourth-order valence-electron chi connectivity index (χ4n) is 2.47. The van der Waals surface area contributed by atoms with Gasteiger partial charge in [-0.05, 0) is 60.4 Å². The van der Waals surface area contributed by atoms with Crippen molar-refractivity contribution in [2.24, 2.45) is 0 Å².